The highest BCUT2D eigenvalue weighted by atomic mass is 19.4. The normalized spacial score (nSPS) is 15.2. The third kappa shape index (κ3) is 5.42. The van der Waals surface area contributed by atoms with Gasteiger partial charge < -0.3 is 15.0 Å². The highest BCUT2D eigenvalue weighted by Crippen LogP contribution is 2.36. The van der Waals surface area contributed by atoms with Gasteiger partial charge in [-0.25, -0.2) is 14.8 Å². The molecule has 12 heteroatoms. The van der Waals surface area contributed by atoms with Gasteiger partial charge in [0.15, 0.2) is 0 Å². The Kier molecular flexibility index (Phi) is 6.89. The number of aromatic amines is 1. The van der Waals surface area contributed by atoms with Crippen LogP contribution in [-0.4, -0.2) is 39.4 Å². The van der Waals surface area contributed by atoms with Gasteiger partial charge in [0.25, 0.3) is 0 Å². The smallest absolute Gasteiger partial charge is 0.405 e. The summed E-state index contributed by atoms with van der Waals surface area (Å²) in [5.41, 5.74) is 4.64. The van der Waals surface area contributed by atoms with E-state index < -0.39 is 6.36 Å². The number of hydrogen-bond acceptors (Lipinski definition) is 6. The molecule has 0 fully saturated rings. The van der Waals surface area contributed by atoms with Crippen LogP contribution >= 0.6 is 0 Å². The maximum absolute atomic E-state index is 13.5. The molecule has 0 spiro atoms. The number of fused-ring (bicyclic) bond motifs is 1. The second-order valence-electron chi connectivity index (χ2n) is 9.94. The number of alkyl halides is 3. The van der Waals surface area contributed by atoms with Crippen LogP contribution in [0.3, 0.4) is 0 Å². The second-order valence-corrected chi connectivity index (χ2v) is 9.94. The number of benzene rings is 2. The molecule has 2 aromatic heterocycles. The third-order valence-electron chi connectivity index (χ3n) is 7.06. The van der Waals surface area contributed by atoms with Crippen LogP contribution in [-0.2, 0) is 11.3 Å². The number of hydrogen-bond donors (Lipinski definition) is 2. The Labute approximate surface area is 239 Å². The molecule has 6 rings (SSSR count). The summed E-state index contributed by atoms with van der Waals surface area (Å²) < 4.78 is 43.1. The number of aryl methyl sites for hydroxylation is 1. The van der Waals surface area contributed by atoms with Gasteiger partial charge in [0.2, 0.25) is 5.95 Å². The van der Waals surface area contributed by atoms with Gasteiger partial charge in [0, 0.05) is 41.3 Å². The summed E-state index contributed by atoms with van der Waals surface area (Å²) in [6.45, 7) is 2.16. The van der Waals surface area contributed by atoms with Gasteiger partial charge in [-0.2, -0.15) is 4.98 Å². The largest absolute Gasteiger partial charge is 0.573 e. The van der Waals surface area contributed by atoms with Crippen molar-refractivity contribution in [1.82, 2.24) is 19.9 Å². The monoisotopic (exact) mass is 573 g/mol. The van der Waals surface area contributed by atoms with Crippen LogP contribution in [0.4, 0.5) is 41.1 Å². The number of H-pyrrole nitrogens is 1. The molecule has 42 heavy (non-hydrogen) atoms. The molecule has 9 nitrogen and oxygen atoms in total. The number of ether oxygens (including phenoxy) is 1. The summed E-state index contributed by atoms with van der Waals surface area (Å²) in [4.78, 5) is 33.3. The first-order chi connectivity index (χ1) is 20.2. The maximum Gasteiger partial charge on any atom is 0.573 e. The number of nitrogens with zero attached hydrogens (tertiary/aromatic N) is 5. The number of carbonyl (C=O) groups excluding carboxylic acids is 1. The van der Waals surface area contributed by atoms with Gasteiger partial charge in [-0.1, -0.05) is 36.4 Å². The predicted molar refractivity (Wildman–Crippen MR) is 153 cm³/mol. The van der Waals surface area contributed by atoms with Crippen LogP contribution in [0.25, 0.3) is 17.0 Å². The van der Waals surface area contributed by atoms with E-state index in [1.165, 1.54) is 17.2 Å². The van der Waals surface area contributed by atoms with Crippen LogP contribution in [0.1, 0.15) is 29.7 Å². The molecular formula is C30H26F3N7O2. The zero-order valence-electron chi connectivity index (χ0n) is 22.7. The fraction of sp³-hybridized carbons (Fsp3) is 0.200. The van der Waals surface area contributed by atoms with Crippen LogP contribution < -0.4 is 15.1 Å². The SMILES string of the molecule is Cc1ccc(-c2ncc(C3=C(OC(F)(F)F)C=CCC3)[nH]2)cc1N1Cc2cnc(Nc3ccccc3)nc2N(C)C1=O. The van der Waals surface area contributed by atoms with E-state index in [0.717, 1.165) is 16.8 Å². The zero-order chi connectivity index (χ0) is 29.4. The number of rotatable bonds is 6. The first-order valence-corrected chi connectivity index (χ1v) is 13.2. The fourth-order valence-corrected chi connectivity index (χ4v) is 5.01. The maximum atomic E-state index is 13.5. The second kappa shape index (κ2) is 10.7. The fourth-order valence-electron chi connectivity index (χ4n) is 5.01. The van der Waals surface area contributed by atoms with E-state index >= 15 is 0 Å². The molecule has 214 valence electrons. The Morgan fingerprint density at radius 2 is 1.88 bits per heavy atom. The highest BCUT2D eigenvalue weighted by molar-refractivity contribution is 6.05. The molecule has 0 saturated heterocycles. The van der Waals surface area contributed by atoms with Crippen molar-refractivity contribution in [1.29, 1.82) is 0 Å². The molecule has 0 saturated carbocycles. The standard InChI is InChI=1S/C30H26F3N7O2/c1-18-12-13-19(26-34-16-23(37-26)22-10-6-7-11-25(22)42-30(31,32)33)14-24(18)40-17-20-15-35-28(36-21-8-4-3-5-9-21)38-27(20)39(2)29(40)41/h3-5,7-9,11-16H,6,10,17H2,1-2H3,(H,34,37)(H,35,36,38). The van der Waals surface area contributed by atoms with Gasteiger partial charge in [-0.3, -0.25) is 9.80 Å². The number of carbonyl (C=O) groups is 1. The molecule has 2 aliphatic rings. The van der Waals surface area contributed by atoms with Gasteiger partial charge in [-0.05, 0) is 49.6 Å². The number of amides is 2. The number of imidazole rings is 1. The Bertz CT molecular complexity index is 1710. The van der Waals surface area contributed by atoms with E-state index in [2.05, 4.69) is 30.0 Å². The van der Waals surface area contributed by atoms with Crippen molar-refractivity contribution in [2.24, 2.45) is 0 Å². The summed E-state index contributed by atoms with van der Waals surface area (Å²) in [5.74, 6) is 1.10. The summed E-state index contributed by atoms with van der Waals surface area (Å²) in [5, 5.41) is 3.15. The van der Waals surface area contributed by atoms with Gasteiger partial charge >= 0.3 is 12.4 Å². The molecular weight excluding hydrogens is 547 g/mol. The van der Waals surface area contributed by atoms with Gasteiger partial charge in [0.1, 0.15) is 17.4 Å². The molecule has 4 aromatic rings. The Hall–Kier alpha value is -5.13. The van der Waals surface area contributed by atoms with Gasteiger partial charge in [0.05, 0.1) is 18.4 Å². The van der Waals surface area contributed by atoms with E-state index in [0.29, 0.717) is 53.0 Å². The van der Waals surface area contributed by atoms with Crippen LogP contribution in [0.5, 0.6) is 0 Å². The van der Waals surface area contributed by atoms with Crippen LogP contribution in [0.15, 0.2) is 78.8 Å². The lowest BCUT2D eigenvalue weighted by atomic mass is 10.0. The lowest BCUT2D eigenvalue weighted by Gasteiger charge is -2.35. The highest BCUT2D eigenvalue weighted by Gasteiger charge is 2.34. The van der Waals surface area contributed by atoms with Crippen LogP contribution in [0, 0.1) is 6.92 Å². The minimum Gasteiger partial charge on any atom is -0.405 e. The van der Waals surface area contributed by atoms with Crippen molar-refractivity contribution < 1.29 is 22.7 Å². The molecule has 2 amide bonds. The number of allylic oxidation sites excluding steroid dienone is 3. The van der Waals surface area contributed by atoms with E-state index in [1.54, 1.807) is 24.2 Å². The van der Waals surface area contributed by atoms with Crippen molar-refractivity contribution in [3.63, 3.8) is 0 Å². The van der Waals surface area contributed by atoms with Crippen molar-refractivity contribution >= 4 is 34.7 Å². The average Bonchev–Trinajstić information content (AvgIpc) is 3.46. The number of para-hydroxylation sites is 1. The van der Waals surface area contributed by atoms with Gasteiger partial charge in [-0.15, -0.1) is 13.2 Å². The van der Waals surface area contributed by atoms with Crippen molar-refractivity contribution in [2.45, 2.75) is 32.7 Å². The molecule has 2 N–H and O–H groups in total. The first kappa shape index (κ1) is 27.1. The van der Waals surface area contributed by atoms with E-state index in [-0.39, 0.29) is 18.3 Å². The number of nitrogens with one attached hydrogen (secondary N) is 2. The van der Waals surface area contributed by atoms with E-state index in [4.69, 9.17) is 0 Å². The number of anilines is 4. The van der Waals surface area contributed by atoms with Crippen molar-refractivity contribution in [2.75, 3.05) is 22.2 Å². The minimum absolute atomic E-state index is 0.251. The zero-order valence-corrected chi connectivity index (χ0v) is 22.7. The molecule has 0 atom stereocenters. The number of halogens is 3. The van der Waals surface area contributed by atoms with Crippen LogP contribution in [0.2, 0.25) is 0 Å². The summed E-state index contributed by atoms with van der Waals surface area (Å²) >= 11 is 0. The Morgan fingerprint density at radius 3 is 2.67 bits per heavy atom. The predicted octanol–water partition coefficient (Wildman–Crippen LogP) is 7.09. The third-order valence-corrected chi connectivity index (χ3v) is 7.06. The molecule has 0 radical (unpaired) electrons. The quantitative estimate of drug-likeness (QED) is 0.256. The van der Waals surface area contributed by atoms with Crippen molar-refractivity contribution in [3.8, 4) is 11.4 Å². The Balaban J connectivity index is 1.28. The summed E-state index contributed by atoms with van der Waals surface area (Å²) in [6, 6.07) is 14.8. The molecule has 0 unspecified atom stereocenters. The minimum atomic E-state index is -4.80. The lowest BCUT2D eigenvalue weighted by molar-refractivity contribution is -0.303. The van der Waals surface area contributed by atoms with E-state index in [9.17, 15) is 18.0 Å². The topological polar surface area (TPSA) is 99.3 Å². The molecule has 1 aliphatic heterocycles. The number of aromatic nitrogens is 4. The summed E-state index contributed by atoms with van der Waals surface area (Å²) in [6.07, 6.45) is 2.34. The first-order valence-electron chi connectivity index (χ1n) is 13.2. The molecule has 0 bridgehead atoms. The van der Waals surface area contributed by atoms with E-state index in [1.807, 2.05) is 55.5 Å². The van der Waals surface area contributed by atoms with Crippen molar-refractivity contribution in [3.05, 3.63) is 95.7 Å². The average molecular weight is 574 g/mol. The summed E-state index contributed by atoms with van der Waals surface area (Å²) in [7, 11) is 1.66. The molecule has 2 aromatic carbocycles. The molecule has 1 aliphatic carbocycles. The number of urea groups is 1. The Morgan fingerprint density at radius 1 is 1.07 bits per heavy atom. The molecule has 3 heterocycles. The lowest BCUT2D eigenvalue weighted by Crippen LogP contribution is -2.46.